The number of nitrogens with two attached hydrogens (primary N) is 1. The van der Waals surface area contributed by atoms with Crippen molar-refractivity contribution >= 4 is 23.6 Å². The van der Waals surface area contributed by atoms with Crippen molar-refractivity contribution in [3.63, 3.8) is 0 Å². The number of urea groups is 1. The second-order valence-corrected chi connectivity index (χ2v) is 7.19. The lowest BCUT2D eigenvalue weighted by molar-refractivity contribution is -0.140. The molecule has 0 bridgehead atoms. The lowest BCUT2D eigenvalue weighted by atomic mass is 10.1. The van der Waals surface area contributed by atoms with Crippen LogP contribution in [0.5, 0.6) is 0 Å². The summed E-state index contributed by atoms with van der Waals surface area (Å²) in [5, 5.41) is 2.07. The molecule has 0 aliphatic carbocycles. The predicted octanol–water partition coefficient (Wildman–Crippen LogP) is 1.72. The molecule has 2 amide bonds. The van der Waals surface area contributed by atoms with Crippen molar-refractivity contribution in [1.82, 2.24) is 15.0 Å². The first-order valence-electron chi connectivity index (χ1n) is 10.0. The first kappa shape index (κ1) is 22.0. The van der Waals surface area contributed by atoms with Gasteiger partial charge in [-0.2, -0.15) is 18.2 Å². The summed E-state index contributed by atoms with van der Waals surface area (Å²) in [5.74, 6) is 0.524. The number of carbonyl (C=O) groups is 1. The van der Waals surface area contributed by atoms with Gasteiger partial charge in [0.1, 0.15) is 11.6 Å². The summed E-state index contributed by atoms with van der Waals surface area (Å²) in [4.78, 5) is 27.5. The summed E-state index contributed by atoms with van der Waals surface area (Å²) in [6.45, 7) is 4.11. The van der Waals surface area contributed by atoms with Crippen molar-refractivity contribution in [2.75, 3.05) is 67.7 Å². The van der Waals surface area contributed by atoms with Crippen LogP contribution in [0.1, 0.15) is 5.69 Å². The van der Waals surface area contributed by atoms with Gasteiger partial charge in [0.2, 0.25) is 5.95 Å². The third kappa shape index (κ3) is 4.99. The normalized spacial score (nSPS) is 17.3. The number of hydrogen-bond donors (Lipinski definition) is 2. The van der Waals surface area contributed by atoms with Gasteiger partial charge in [-0.25, -0.2) is 14.8 Å². The third-order valence-corrected chi connectivity index (χ3v) is 5.02. The second-order valence-electron chi connectivity index (χ2n) is 7.19. The number of halogens is 3. The van der Waals surface area contributed by atoms with E-state index in [1.165, 1.54) is 18.2 Å². The fraction of sp³-hybridized carbons (Fsp3) is 0.474. The van der Waals surface area contributed by atoms with E-state index >= 15 is 0 Å². The van der Waals surface area contributed by atoms with E-state index in [9.17, 15) is 18.0 Å². The van der Waals surface area contributed by atoms with Gasteiger partial charge in [-0.3, -0.25) is 5.32 Å². The standard InChI is InChI=1S/C19H22F3N7O3/c20-19(21,22)16-12(1-2-14(25-16)26-17(23)30)13-11-15(28-3-7-31-8-4-28)27-18(24-13)29-5-9-32-10-6-29/h1-2,11H,3-10H2,(H3,23,25,26,30). The Morgan fingerprint density at radius 3 is 2.19 bits per heavy atom. The Balaban J connectivity index is 1.81. The summed E-state index contributed by atoms with van der Waals surface area (Å²) < 4.78 is 52.3. The van der Waals surface area contributed by atoms with Gasteiger partial charge in [0.25, 0.3) is 0 Å². The van der Waals surface area contributed by atoms with Crippen LogP contribution < -0.4 is 20.9 Å². The minimum atomic E-state index is -4.78. The zero-order valence-electron chi connectivity index (χ0n) is 17.1. The maximum absolute atomic E-state index is 13.9. The van der Waals surface area contributed by atoms with Crippen LogP contribution in [0.15, 0.2) is 18.2 Å². The molecule has 2 saturated heterocycles. The van der Waals surface area contributed by atoms with Crippen molar-refractivity contribution in [3.8, 4) is 11.3 Å². The van der Waals surface area contributed by atoms with E-state index < -0.39 is 17.9 Å². The third-order valence-electron chi connectivity index (χ3n) is 5.02. The zero-order valence-corrected chi connectivity index (χ0v) is 17.1. The van der Waals surface area contributed by atoms with Gasteiger partial charge < -0.3 is 25.0 Å². The molecule has 4 heterocycles. The van der Waals surface area contributed by atoms with Gasteiger partial charge in [0.15, 0.2) is 5.69 Å². The fourth-order valence-corrected chi connectivity index (χ4v) is 3.50. The minimum absolute atomic E-state index is 0.0773. The van der Waals surface area contributed by atoms with Gasteiger partial charge >= 0.3 is 12.2 Å². The van der Waals surface area contributed by atoms with Crippen LogP contribution in [-0.2, 0) is 15.7 Å². The molecule has 0 spiro atoms. The van der Waals surface area contributed by atoms with E-state index in [0.717, 1.165) is 0 Å². The molecule has 0 atom stereocenters. The Labute approximate surface area is 181 Å². The molecule has 10 nitrogen and oxygen atoms in total. The fourth-order valence-electron chi connectivity index (χ4n) is 3.50. The van der Waals surface area contributed by atoms with E-state index in [1.54, 1.807) is 0 Å². The second kappa shape index (κ2) is 9.12. The Morgan fingerprint density at radius 1 is 0.969 bits per heavy atom. The van der Waals surface area contributed by atoms with Crippen LogP contribution >= 0.6 is 0 Å². The Bertz CT molecular complexity index is 941. The number of alkyl halides is 3. The average Bonchev–Trinajstić information content (AvgIpc) is 2.79. The number of carbonyl (C=O) groups excluding carboxylic acids is 1. The van der Waals surface area contributed by atoms with Crippen LogP contribution in [0.2, 0.25) is 0 Å². The van der Waals surface area contributed by atoms with Gasteiger partial charge in [0, 0.05) is 37.8 Å². The number of morpholine rings is 2. The molecule has 0 saturated carbocycles. The van der Waals surface area contributed by atoms with Crippen LogP contribution in [-0.4, -0.2) is 73.6 Å². The number of nitrogens with one attached hydrogen (secondary N) is 1. The topological polar surface area (TPSA) is 119 Å². The Morgan fingerprint density at radius 2 is 1.59 bits per heavy atom. The summed E-state index contributed by atoms with van der Waals surface area (Å²) >= 11 is 0. The Hall–Kier alpha value is -3.19. The maximum atomic E-state index is 13.9. The molecule has 0 radical (unpaired) electrons. The number of hydrogen-bond acceptors (Lipinski definition) is 8. The van der Waals surface area contributed by atoms with E-state index in [2.05, 4.69) is 20.3 Å². The molecule has 3 N–H and O–H groups in total. The molecular formula is C19H22F3N7O3. The van der Waals surface area contributed by atoms with E-state index in [1.807, 2.05) is 9.80 Å². The maximum Gasteiger partial charge on any atom is 0.434 e. The van der Waals surface area contributed by atoms with E-state index in [4.69, 9.17) is 15.2 Å². The van der Waals surface area contributed by atoms with Crippen molar-refractivity contribution in [2.45, 2.75) is 6.18 Å². The number of nitrogens with zero attached hydrogens (tertiary/aromatic N) is 5. The lowest BCUT2D eigenvalue weighted by Gasteiger charge is -2.31. The first-order valence-corrected chi connectivity index (χ1v) is 10.0. The zero-order chi connectivity index (χ0) is 22.7. The van der Waals surface area contributed by atoms with Gasteiger partial charge in [-0.05, 0) is 12.1 Å². The van der Waals surface area contributed by atoms with Crippen molar-refractivity contribution in [1.29, 1.82) is 0 Å². The molecule has 172 valence electrons. The quantitative estimate of drug-likeness (QED) is 0.719. The lowest BCUT2D eigenvalue weighted by Crippen LogP contribution is -2.39. The molecule has 2 aromatic rings. The highest BCUT2D eigenvalue weighted by molar-refractivity contribution is 5.87. The van der Waals surface area contributed by atoms with Gasteiger partial charge in [-0.15, -0.1) is 0 Å². The summed E-state index contributed by atoms with van der Waals surface area (Å²) in [7, 11) is 0. The monoisotopic (exact) mass is 453 g/mol. The summed E-state index contributed by atoms with van der Waals surface area (Å²) in [5.41, 5.74) is 3.69. The highest BCUT2D eigenvalue weighted by atomic mass is 19.4. The number of pyridine rings is 1. The predicted molar refractivity (Wildman–Crippen MR) is 110 cm³/mol. The molecule has 2 aromatic heterocycles. The molecule has 4 rings (SSSR count). The number of anilines is 3. The molecule has 2 fully saturated rings. The van der Waals surface area contributed by atoms with Gasteiger partial charge in [0.05, 0.1) is 32.1 Å². The molecule has 2 aliphatic heterocycles. The molecule has 0 aromatic carbocycles. The average molecular weight is 453 g/mol. The minimum Gasteiger partial charge on any atom is -0.378 e. The van der Waals surface area contributed by atoms with E-state index in [-0.39, 0.29) is 17.1 Å². The molecule has 2 aliphatic rings. The number of ether oxygens (including phenoxy) is 2. The summed E-state index contributed by atoms with van der Waals surface area (Å²) in [6.07, 6.45) is -4.78. The van der Waals surface area contributed by atoms with E-state index in [0.29, 0.717) is 64.4 Å². The van der Waals surface area contributed by atoms with Crippen LogP contribution in [0.4, 0.5) is 35.5 Å². The largest absolute Gasteiger partial charge is 0.434 e. The molecular weight excluding hydrogens is 431 g/mol. The first-order chi connectivity index (χ1) is 15.3. The number of amides is 2. The van der Waals surface area contributed by atoms with Crippen molar-refractivity contribution in [3.05, 3.63) is 23.9 Å². The summed E-state index contributed by atoms with van der Waals surface area (Å²) in [6, 6.07) is 2.98. The van der Waals surface area contributed by atoms with Gasteiger partial charge in [-0.1, -0.05) is 0 Å². The number of aromatic nitrogens is 3. The Kier molecular flexibility index (Phi) is 6.28. The number of rotatable bonds is 4. The van der Waals surface area contributed by atoms with Crippen LogP contribution in [0.3, 0.4) is 0 Å². The molecule has 0 unspecified atom stereocenters. The van der Waals surface area contributed by atoms with Crippen molar-refractivity contribution in [2.24, 2.45) is 5.73 Å². The van der Waals surface area contributed by atoms with Crippen LogP contribution in [0, 0.1) is 0 Å². The van der Waals surface area contributed by atoms with Crippen LogP contribution in [0.25, 0.3) is 11.3 Å². The SMILES string of the molecule is NC(=O)Nc1ccc(-c2cc(N3CCOCC3)nc(N3CCOCC3)n2)c(C(F)(F)F)n1. The highest BCUT2D eigenvalue weighted by Gasteiger charge is 2.37. The number of primary amides is 1. The molecule has 13 heteroatoms. The van der Waals surface area contributed by atoms with Crippen molar-refractivity contribution < 1.29 is 27.4 Å². The highest BCUT2D eigenvalue weighted by Crippen LogP contribution is 2.37. The molecule has 32 heavy (non-hydrogen) atoms. The smallest absolute Gasteiger partial charge is 0.378 e.